The Balaban J connectivity index is 3.05. The predicted molar refractivity (Wildman–Crippen MR) is 83.6 cm³/mol. The molecule has 0 aliphatic rings. The van der Waals surface area contributed by atoms with Gasteiger partial charge in [-0.15, -0.1) is 0 Å². The van der Waals surface area contributed by atoms with E-state index in [0.29, 0.717) is 5.56 Å². The normalized spacial score (nSPS) is 12.0. The molecular formula is C15H24N2O3S. The number of nitrogens with one attached hydrogen (secondary N) is 1. The molecule has 0 aromatic heterocycles. The minimum atomic E-state index is -3.66. The summed E-state index contributed by atoms with van der Waals surface area (Å²) in [6.45, 7) is 9.17. The predicted octanol–water partition coefficient (Wildman–Crippen LogP) is 1.84. The first-order valence-corrected chi connectivity index (χ1v) is 8.49. The van der Waals surface area contributed by atoms with Crippen LogP contribution in [0.1, 0.15) is 31.9 Å². The minimum Gasteiger partial charge on any atom is -0.353 e. The number of carbonyl (C=O) groups is 1. The summed E-state index contributed by atoms with van der Waals surface area (Å²) in [5.41, 5.74) is 1.70. The molecule has 6 heteroatoms. The van der Waals surface area contributed by atoms with Gasteiger partial charge in [-0.3, -0.25) is 4.79 Å². The monoisotopic (exact) mass is 312 g/mol. The molecule has 1 rings (SSSR count). The summed E-state index contributed by atoms with van der Waals surface area (Å²) in [4.78, 5) is 12.1. The maximum atomic E-state index is 12.7. The van der Waals surface area contributed by atoms with Crippen molar-refractivity contribution in [1.82, 2.24) is 9.62 Å². The van der Waals surface area contributed by atoms with Gasteiger partial charge in [0.05, 0.1) is 11.4 Å². The molecule has 0 spiro atoms. The summed E-state index contributed by atoms with van der Waals surface area (Å²) >= 11 is 0. The number of benzene rings is 1. The second kappa shape index (κ2) is 7.04. The van der Waals surface area contributed by atoms with E-state index in [4.69, 9.17) is 0 Å². The first-order valence-electron chi connectivity index (χ1n) is 7.05. The van der Waals surface area contributed by atoms with Crippen molar-refractivity contribution in [2.24, 2.45) is 0 Å². The van der Waals surface area contributed by atoms with Gasteiger partial charge in [0.25, 0.3) is 0 Å². The zero-order chi connectivity index (χ0) is 16.2. The van der Waals surface area contributed by atoms with Crippen molar-refractivity contribution in [1.29, 1.82) is 0 Å². The smallest absolute Gasteiger partial charge is 0.243 e. The lowest BCUT2D eigenvalue weighted by Crippen LogP contribution is -2.42. The number of hydrogen-bond donors (Lipinski definition) is 1. The molecule has 0 fully saturated rings. The van der Waals surface area contributed by atoms with Crippen LogP contribution < -0.4 is 5.32 Å². The molecule has 0 bridgehead atoms. The second-order valence-electron chi connectivity index (χ2n) is 5.42. The molecule has 1 amide bonds. The standard InChI is InChI=1S/C15H24N2O3S/c1-6-17(10-15(18)16-11(2)3)21(19,20)14-8-7-12(4)9-13(14)5/h7-9,11H,6,10H2,1-5H3,(H,16,18). The Bertz CT molecular complexity index is 609. The summed E-state index contributed by atoms with van der Waals surface area (Å²) in [5.74, 6) is -0.291. The molecule has 0 aliphatic carbocycles. The van der Waals surface area contributed by atoms with Gasteiger partial charge in [0.2, 0.25) is 15.9 Å². The largest absolute Gasteiger partial charge is 0.353 e. The van der Waals surface area contributed by atoms with Crippen LogP contribution in [0, 0.1) is 13.8 Å². The number of carbonyl (C=O) groups excluding carboxylic acids is 1. The molecule has 1 aromatic rings. The van der Waals surface area contributed by atoms with E-state index >= 15 is 0 Å². The van der Waals surface area contributed by atoms with Gasteiger partial charge >= 0.3 is 0 Å². The van der Waals surface area contributed by atoms with Crippen molar-refractivity contribution >= 4 is 15.9 Å². The van der Waals surface area contributed by atoms with Crippen LogP contribution >= 0.6 is 0 Å². The Labute approximate surface area is 127 Å². The zero-order valence-corrected chi connectivity index (χ0v) is 14.1. The highest BCUT2D eigenvalue weighted by molar-refractivity contribution is 7.89. The quantitative estimate of drug-likeness (QED) is 0.871. The molecule has 0 saturated carbocycles. The lowest BCUT2D eigenvalue weighted by atomic mass is 10.2. The third-order valence-corrected chi connectivity index (χ3v) is 5.15. The van der Waals surface area contributed by atoms with Crippen LogP contribution in [-0.2, 0) is 14.8 Å². The van der Waals surface area contributed by atoms with Gasteiger partial charge in [-0.1, -0.05) is 24.6 Å². The third-order valence-electron chi connectivity index (χ3n) is 3.07. The highest BCUT2D eigenvalue weighted by atomic mass is 32.2. The molecular weight excluding hydrogens is 288 g/mol. The fourth-order valence-corrected chi connectivity index (χ4v) is 3.73. The Morgan fingerprint density at radius 2 is 1.90 bits per heavy atom. The maximum absolute atomic E-state index is 12.7. The van der Waals surface area contributed by atoms with E-state index in [2.05, 4.69) is 5.32 Å². The van der Waals surface area contributed by atoms with Gasteiger partial charge in [-0.05, 0) is 39.3 Å². The molecule has 0 unspecified atom stereocenters. The molecule has 1 aromatic carbocycles. The average Bonchev–Trinajstić information content (AvgIpc) is 2.34. The zero-order valence-electron chi connectivity index (χ0n) is 13.3. The molecule has 0 saturated heterocycles. The molecule has 0 radical (unpaired) electrons. The second-order valence-corrected chi connectivity index (χ2v) is 7.33. The number of amides is 1. The minimum absolute atomic E-state index is 0.0139. The van der Waals surface area contributed by atoms with Gasteiger partial charge < -0.3 is 5.32 Å². The highest BCUT2D eigenvalue weighted by Gasteiger charge is 2.26. The Kier molecular flexibility index (Phi) is 5.92. The number of aryl methyl sites for hydroxylation is 2. The fraction of sp³-hybridized carbons (Fsp3) is 0.533. The van der Waals surface area contributed by atoms with Crippen molar-refractivity contribution in [3.63, 3.8) is 0 Å². The van der Waals surface area contributed by atoms with Crippen LogP contribution in [-0.4, -0.2) is 37.8 Å². The molecule has 118 valence electrons. The molecule has 0 aliphatic heterocycles. The maximum Gasteiger partial charge on any atom is 0.243 e. The van der Waals surface area contributed by atoms with E-state index < -0.39 is 10.0 Å². The molecule has 1 N–H and O–H groups in total. The number of nitrogens with zero attached hydrogens (tertiary/aromatic N) is 1. The lowest BCUT2D eigenvalue weighted by Gasteiger charge is -2.22. The number of rotatable bonds is 6. The van der Waals surface area contributed by atoms with Crippen LogP contribution in [0.25, 0.3) is 0 Å². The highest BCUT2D eigenvalue weighted by Crippen LogP contribution is 2.20. The molecule has 0 atom stereocenters. The van der Waals surface area contributed by atoms with Crippen LogP contribution in [0.15, 0.2) is 23.1 Å². The van der Waals surface area contributed by atoms with Crippen LogP contribution in [0.4, 0.5) is 0 Å². The van der Waals surface area contributed by atoms with E-state index in [-0.39, 0.29) is 29.9 Å². The van der Waals surface area contributed by atoms with Crippen molar-refractivity contribution in [3.05, 3.63) is 29.3 Å². The first-order chi connectivity index (χ1) is 9.68. The Morgan fingerprint density at radius 1 is 1.29 bits per heavy atom. The Hall–Kier alpha value is -1.40. The van der Waals surface area contributed by atoms with Gasteiger partial charge in [-0.25, -0.2) is 8.42 Å². The van der Waals surface area contributed by atoms with Gasteiger partial charge in [0, 0.05) is 12.6 Å². The van der Waals surface area contributed by atoms with Crippen molar-refractivity contribution < 1.29 is 13.2 Å². The van der Waals surface area contributed by atoms with Crippen molar-refractivity contribution in [2.45, 2.75) is 45.6 Å². The molecule has 5 nitrogen and oxygen atoms in total. The number of sulfonamides is 1. The molecule has 0 heterocycles. The number of likely N-dealkylation sites (N-methyl/N-ethyl adjacent to an activating group) is 1. The lowest BCUT2D eigenvalue weighted by molar-refractivity contribution is -0.121. The third kappa shape index (κ3) is 4.54. The van der Waals surface area contributed by atoms with E-state index in [9.17, 15) is 13.2 Å². The summed E-state index contributed by atoms with van der Waals surface area (Å²) in [5, 5.41) is 2.71. The van der Waals surface area contributed by atoms with Crippen LogP contribution in [0.5, 0.6) is 0 Å². The fourth-order valence-electron chi connectivity index (χ4n) is 2.12. The van der Waals surface area contributed by atoms with Crippen molar-refractivity contribution in [3.8, 4) is 0 Å². The van der Waals surface area contributed by atoms with Gasteiger partial charge in [0.15, 0.2) is 0 Å². The first kappa shape index (κ1) is 17.7. The van der Waals surface area contributed by atoms with Crippen LogP contribution in [0.3, 0.4) is 0 Å². The summed E-state index contributed by atoms with van der Waals surface area (Å²) in [7, 11) is -3.66. The van der Waals surface area contributed by atoms with E-state index in [1.165, 1.54) is 4.31 Å². The number of hydrogen-bond acceptors (Lipinski definition) is 3. The summed E-state index contributed by atoms with van der Waals surface area (Å²) in [6, 6.07) is 5.18. The van der Waals surface area contributed by atoms with Crippen molar-refractivity contribution in [2.75, 3.05) is 13.1 Å². The summed E-state index contributed by atoms with van der Waals surface area (Å²) < 4.78 is 26.5. The van der Waals surface area contributed by atoms with Gasteiger partial charge in [-0.2, -0.15) is 4.31 Å². The topological polar surface area (TPSA) is 66.5 Å². The van der Waals surface area contributed by atoms with E-state index in [1.807, 2.05) is 26.8 Å². The summed E-state index contributed by atoms with van der Waals surface area (Å²) in [6.07, 6.45) is 0. The van der Waals surface area contributed by atoms with E-state index in [1.54, 1.807) is 26.0 Å². The van der Waals surface area contributed by atoms with E-state index in [0.717, 1.165) is 5.56 Å². The van der Waals surface area contributed by atoms with Gasteiger partial charge in [0.1, 0.15) is 0 Å². The molecule has 21 heavy (non-hydrogen) atoms. The van der Waals surface area contributed by atoms with Crippen LogP contribution in [0.2, 0.25) is 0 Å². The Morgan fingerprint density at radius 3 is 2.38 bits per heavy atom. The SMILES string of the molecule is CCN(CC(=O)NC(C)C)S(=O)(=O)c1ccc(C)cc1C. The average molecular weight is 312 g/mol.